The van der Waals surface area contributed by atoms with Crippen molar-refractivity contribution in [2.45, 2.75) is 26.8 Å². The number of anilines is 1. The first-order valence-corrected chi connectivity index (χ1v) is 8.15. The van der Waals surface area contributed by atoms with Gasteiger partial charge in [0.25, 0.3) is 5.91 Å². The molecule has 0 fully saturated rings. The molecule has 23 heavy (non-hydrogen) atoms. The zero-order chi connectivity index (χ0) is 16.8. The van der Waals surface area contributed by atoms with E-state index in [2.05, 4.69) is 15.6 Å². The van der Waals surface area contributed by atoms with Gasteiger partial charge >= 0.3 is 0 Å². The van der Waals surface area contributed by atoms with Crippen LogP contribution in [0, 0.1) is 6.92 Å². The summed E-state index contributed by atoms with van der Waals surface area (Å²) >= 11 is 1.53. The van der Waals surface area contributed by atoms with Crippen molar-refractivity contribution in [1.82, 2.24) is 10.3 Å². The average Bonchev–Trinajstić information content (AvgIpc) is 2.90. The number of hydrogen-bond donors (Lipinski definition) is 2. The molecular formula is C17H19N3O2S. The van der Waals surface area contributed by atoms with Gasteiger partial charge in [-0.2, -0.15) is 0 Å². The maximum Gasteiger partial charge on any atom is 0.253 e. The number of amides is 2. The van der Waals surface area contributed by atoms with Gasteiger partial charge in [-0.05, 0) is 39.0 Å². The lowest BCUT2D eigenvalue weighted by Crippen LogP contribution is -2.30. The molecule has 2 aromatic rings. The highest BCUT2D eigenvalue weighted by molar-refractivity contribution is 7.09. The molecule has 0 saturated heterocycles. The SMILES string of the molecule is Cc1nc(/C=C/C(=O)Nc2ccccc2C(=O)NC(C)C)cs1. The number of benzene rings is 1. The molecule has 6 heteroatoms. The summed E-state index contributed by atoms with van der Waals surface area (Å²) < 4.78 is 0. The Morgan fingerprint density at radius 1 is 1.26 bits per heavy atom. The summed E-state index contributed by atoms with van der Waals surface area (Å²) in [7, 11) is 0. The topological polar surface area (TPSA) is 71.1 Å². The Kier molecular flexibility index (Phi) is 5.65. The molecule has 0 unspecified atom stereocenters. The predicted octanol–water partition coefficient (Wildman–Crippen LogP) is 3.24. The molecule has 2 amide bonds. The largest absolute Gasteiger partial charge is 0.350 e. The van der Waals surface area contributed by atoms with Crippen LogP contribution in [0.3, 0.4) is 0 Å². The summed E-state index contributed by atoms with van der Waals surface area (Å²) in [5.41, 5.74) is 1.66. The van der Waals surface area contributed by atoms with Crippen molar-refractivity contribution in [2.24, 2.45) is 0 Å². The van der Waals surface area contributed by atoms with E-state index in [4.69, 9.17) is 0 Å². The highest BCUT2D eigenvalue weighted by atomic mass is 32.1. The number of rotatable bonds is 5. The Balaban J connectivity index is 2.09. The zero-order valence-electron chi connectivity index (χ0n) is 13.3. The Labute approximate surface area is 139 Å². The van der Waals surface area contributed by atoms with E-state index in [0.29, 0.717) is 11.3 Å². The summed E-state index contributed by atoms with van der Waals surface area (Å²) in [6, 6.07) is 6.95. The van der Waals surface area contributed by atoms with Crippen molar-refractivity contribution in [3.63, 3.8) is 0 Å². The maximum atomic E-state index is 12.2. The normalized spacial score (nSPS) is 11.0. The maximum absolute atomic E-state index is 12.2. The third kappa shape index (κ3) is 5.03. The number of nitrogens with one attached hydrogen (secondary N) is 2. The quantitative estimate of drug-likeness (QED) is 0.827. The van der Waals surface area contributed by atoms with Gasteiger partial charge in [0, 0.05) is 17.5 Å². The lowest BCUT2D eigenvalue weighted by Gasteiger charge is -2.12. The van der Waals surface area contributed by atoms with Crippen LogP contribution in [0.25, 0.3) is 6.08 Å². The number of carbonyl (C=O) groups excluding carboxylic acids is 2. The Hall–Kier alpha value is -2.47. The van der Waals surface area contributed by atoms with E-state index in [9.17, 15) is 9.59 Å². The second-order valence-electron chi connectivity index (χ2n) is 5.29. The Bertz CT molecular complexity index is 735. The molecule has 0 bridgehead atoms. The summed E-state index contributed by atoms with van der Waals surface area (Å²) in [5.74, 6) is -0.518. The lowest BCUT2D eigenvalue weighted by atomic mass is 10.1. The van der Waals surface area contributed by atoms with E-state index in [1.807, 2.05) is 26.2 Å². The van der Waals surface area contributed by atoms with E-state index >= 15 is 0 Å². The predicted molar refractivity (Wildman–Crippen MR) is 93.6 cm³/mol. The van der Waals surface area contributed by atoms with E-state index in [0.717, 1.165) is 10.7 Å². The monoisotopic (exact) mass is 329 g/mol. The molecule has 5 nitrogen and oxygen atoms in total. The van der Waals surface area contributed by atoms with Gasteiger partial charge in [0.05, 0.1) is 22.0 Å². The molecule has 120 valence electrons. The van der Waals surface area contributed by atoms with Gasteiger partial charge < -0.3 is 10.6 Å². The number of carbonyl (C=O) groups is 2. The lowest BCUT2D eigenvalue weighted by molar-refractivity contribution is -0.111. The molecule has 0 radical (unpaired) electrons. The number of hydrogen-bond acceptors (Lipinski definition) is 4. The fraction of sp³-hybridized carbons (Fsp3) is 0.235. The van der Waals surface area contributed by atoms with Crippen LogP contribution in [0.1, 0.15) is 34.9 Å². The molecule has 0 saturated carbocycles. The van der Waals surface area contributed by atoms with Gasteiger partial charge in [-0.25, -0.2) is 4.98 Å². The van der Waals surface area contributed by atoms with Crippen molar-refractivity contribution in [3.8, 4) is 0 Å². The summed E-state index contributed by atoms with van der Waals surface area (Å²) in [5, 5.41) is 8.37. The molecule has 0 atom stereocenters. The Morgan fingerprint density at radius 3 is 2.65 bits per heavy atom. The highest BCUT2D eigenvalue weighted by Gasteiger charge is 2.12. The van der Waals surface area contributed by atoms with Crippen LogP contribution >= 0.6 is 11.3 Å². The van der Waals surface area contributed by atoms with Crippen LogP contribution in [0.5, 0.6) is 0 Å². The van der Waals surface area contributed by atoms with E-state index in [1.54, 1.807) is 30.3 Å². The molecule has 2 rings (SSSR count). The van der Waals surface area contributed by atoms with Crippen molar-refractivity contribution in [3.05, 3.63) is 52.0 Å². The summed E-state index contributed by atoms with van der Waals surface area (Å²) in [6.07, 6.45) is 3.06. The molecular weight excluding hydrogens is 310 g/mol. The second-order valence-corrected chi connectivity index (χ2v) is 6.35. The fourth-order valence-electron chi connectivity index (χ4n) is 1.92. The van der Waals surface area contributed by atoms with Crippen molar-refractivity contribution in [2.75, 3.05) is 5.32 Å². The van der Waals surface area contributed by atoms with Crippen LogP contribution in [-0.4, -0.2) is 22.8 Å². The number of aromatic nitrogens is 1. The molecule has 1 aromatic carbocycles. The molecule has 1 heterocycles. The van der Waals surface area contributed by atoms with Gasteiger partial charge in [-0.3, -0.25) is 9.59 Å². The van der Waals surface area contributed by atoms with Gasteiger partial charge in [-0.1, -0.05) is 12.1 Å². The summed E-state index contributed by atoms with van der Waals surface area (Å²) in [4.78, 5) is 28.4. The fourth-order valence-corrected chi connectivity index (χ4v) is 2.50. The van der Waals surface area contributed by atoms with Crippen molar-refractivity contribution >= 4 is 34.9 Å². The molecule has 0 aliphatic heterocycles. The minimum Gasteiger partial charge on any atom is -0.350 e. The zero-order valence-corrected chi connectivity index (χ0v) is 14.1. The van der Waals surface area contributed by atoms with Crippen LogP contribution in [-0.2, 0) is 4.79 Å². The first-order valence-electron chi connectivity index (χ1n) is 7.27. The van der Waals surface area contributed by atoms with Gasteiger partial charge in [0.1, 0.15) is 0 Å². The first-order chi connectivity index (χ1) is 11.0. The van der Waals surface area contributed by atoms with E-state index in [1.165, 1.54) is 17.4 Å². The van der Waals surface area contributed by atoms with Crippen molar-refractivity contribution < 1.29 is 9.59 Å². The molecule has 0 spiro atoms. The minimum atomic E-state index is -0.305. The van der Waals surface area contributed by atoms with Gasteiger partial charge in [0.15, 0.2) is 0 Å². The Morgan fingerprint density at radius 2 is 2.00 bits per heavy atom. The van der Waals surface area contributed by atoms with Crippen molar-refractivity contribution in [1.29, 1.82) is 0 Å². The second kappa shape index (κ2) is 7.69. The van der Waals surface area contributed by atoms with E-state index in [-0.39, 0.29) is 17.9 Å². The molecule has 0 aliphatic rings. The van der Waals surface area contributed by atoms with E-state index < -0.39 is 0 Å². The standard InChI is InChI=1S/C17H19N3O2S/c1-11(2)18-17(22)14-6-4-5-7-15(14)20-16(21)9-8-13-10-23-12(3)19-13/h4-11H,1-3H3,(H,18,22)(H,20,21)/b9-8+. The van der Waals surface area contributed by atoms with Crippen LogP contribution in [0.15, 0.2) is 35.7 Å². The average molecular weight is 329 g/mol. The van der Waals surface area contributed by atoms with Crippen LogP contribution in [0.4, 0.5) is 5.69 Å². The molecule has 1 aromatic heterocycles. The number of para-hydroxylation sites is 1. The number of aryl methyl sites for hydroxylation is 1. The highest BCUT2D eigenvalue weighted by Crippen LogP contribution is 2.15. The van der Waals surface area contributed by atoms with Crippen LogP contribution < -0.4 is 10.6 Å². The third-order valence-corrected chi connectivity index (χ3v) is 3.68. The summed E-state index contributed by atoms with van der Waals surface area (Å²) in [6.45, 7) is 5.68. The first kappa shape index (κ1) is 16.9. The molecule has 0 aliphatic carbocycles. The molecule has 2 N–H and O–H groups in total. The van der Waals surface area contributed by atoms with Gasteiger partial charge in [0.2, 0.25) is 5.91 Å². The smallest absolute Gasteiger partial charge is 0.253 e. The number of nitrogens with zero attached hydrogens (tertiary/aromatic N) is 1. The third-order valence-electron chi connectivity index (χ3n) is 2.89. The van der Waals surface area contributed by atoms with Gasteiger partial charge in [-0.15, -0.1) is 11.3 Å². The minimum absolute atomic E-state index is 0.0269. The number of thiazole rings is 1. The van der Waals surface area contributed by atoms with Crippen LogP contribution in [0.2, 0.25) is 0 Å².